The van der Waals surface area contributed by atoms with E-state index in [1.54, 1.807) is 0 Å². The average Bonchev–Trinajstić information content (AvgIpc) is 3.07. The Morgan fingerprint density at radius 3 is 2.70 bits per heavy atom. The van der Waals surface area contributed by atoms with Crippen LogP contribution in [0, 0.1) is 0 Å². The number of aryl methyl sites for hydroxylation is 2. The average molecular weight is 368 g/mol. The molecule has 1 aromatic carbocycles. The predicted octanol–water partition coefficient (Wildman–Crippen LogP) is 0.875. The monoisotopic (exact) mass is 368 g/mol. The Morgan fingerprint density at radius 1 is 1.15 bits per heavy atom. The van der Waals surface area contributed by atoms with Crippen LogP contribution in [0.25, 0.3) is 11.0 Å². The normalized spacial score (nSPS) is 12.9. The zero-order chi connectivity index (χ0) is 19.0. The molecule has 138 valence electrons. The highest BCUT2D eigenvalue weighted by molar-refractivity contribution is 5.82. The summed E-state index contributed by atoms with van der Waals surface area (Å²) < 4.78 is 11.5. The first-order chi connectivity index (χ1) is 13.0. The van der Waals surface area contributed by atoms with Gasteiger partial charge in [0.25, 0.3) is 5.56 Å². The second-order valence-electron chi connectivity index (χ2n) is 6.46. The molecule has 2 heterocycles. The number of rotatable bonds is 4. The van der Waals surface area contributed by atoms with Crippen LogP contribution in [0.4, 0.5) is 0 Å². The molecular weight excluding hydrogens is 352 g/mol. The predicted molar refractivity (Wildman–Crippen MR) is 95.6 cm³/mol. The van der Waals surface area contributed by atoms with Gasteiger partial charge in [-0.25, -0.2) is 9.59 Å². The first-order valence-electron chi connectivity index (χ1n) is 8.53. The molecule has 0 spiro atoms. The minimum Gasteiger partial charge on any atom is -0.459 e. The number of carbonyl (C=O) groups is 1. The maximum absolute atomic E-state index is 12.1. The summed E-state index contributed by atoms with van der Waals surface area (Å²) in [4.78, 5) is 48.6. The van der Waals surface area contributed by atoms with Crippen molar-refractivity contribution in [3.05, 3.63) is 78.4 Å². The highest BCUT2D eigenvalue weighted by Gasteiger charge is 2.16. The molecule has 1 aliphatic rings. The fourth-order valence-electron chi connectivity index (χ4n) is 3.33. The van der Waals surface area contributed by atoms with E-state index in [1.165, 1.54) is 23.4 Å². The van der Waals surface area contributed by atoms with Gasteiger partial charge in [-0.05, 0) is 42.5 Å². The van der Waals surface area contributed by atoms with Crippen molar-refractivity contribution in [3.8, 4) is 0 Å². The fraction of sp³-hybridized carbons (Fsp3) is 0.263. The molecule has 0 saturated heterocycles. The largest absolute Gasteiger partial charge is 0.459 e. The van der Waals surface area contributed by atoms with Crippen molar-refractivity contribution in [2.24, 2.45) is 0 Å². The van der Waals surface area contributed by atoms with Gasteiger partial charge < -0.3 is 9.15 Å². The van der Waals surface area contributed by atoms with Crippen LogP contribution in [-0.2, 0) is 35.5 Å². The van der Waals surface area contributed by atoms with E-state index in [2.05, 4.69) is 4.98 Å². The molecule has 0 unspecified atom stereocenters. The van der Waals surface area contributed by atoms with E-state index in [1.807, 2.05) is 12.1 Å². The van der Waals surface area contributed by atoms with Crippen LogP contribution in [0.3, 0.4) is 0 Å². The number of aromatic amines is 1. The number of esters is 1. The van der Waals surface area contributed by atoms with Crippen LogP contribution in [-0.4, -0.2) is 15.5 Å². The minimum absolute atomic E-state index is 0.113. The summed E-state index contributed by atoms with van der Waals surface area (Å²) in [6, 6.07) is 6.31. The van der Waals surface area contributed by atoms with Gasteiger partial charge in [0.2, 0.25) is 0 Å². The SMILES string of the molecule is O=C(Cn1ccc(=O)[nH]c1=O)OCc1cc(=O)oc2cc3c(cc12)CCC3. The summed E-state index contributed by atoms with van der Waals surface area (Å²) in [5.41, 5.74) is 1.67. The molecule has 0 aliphatic heterocycles. The Balaban J connectivity index is 1.56. The number of fused-ring (bicyclic) bond motifs is 2. The molecular formula is C19H16N2O6. The van der Waals surface area contributed by atoms with Crippen LogP contribution in [0.5, 0.6) is 0 Å². The topological polar surface area (TPSA) is 111 Å². The summed E-state index contributed by atoms with van der Waals surface area (Å²) in [5, 5.41) is 0.740. The molecule has 1 aliphatic carbocycles. The minimum atomic E-state index is -0.694. The Labute approximate surface area is 152 Å². The van der Waals surface area contributed by atoms with E-state index in [-0.39, 0.29) is 13.2 Å². The zero-order valence-electron chi connectivity index (χ0n) is 14.3. The second kappa shape index (κ2) is 6.71. The maximum atomic E-state index is 12.1. The lowest BCUT2D eigenvalue weighted by Gasteiger charge is -2.09. The number of carbonyl (C=O) groups excluding carboxylic acids is 1. The number of hydrogen-bond acceptors (Lipinski definition) is 6. The van der Waals surface area contributed by atoms with Crippen molar-refractivity contribution in [1.82, 2.24) is 9.55 Å². The standard InChI is InChI=1S/C19H16N2O6/c22-16-4-5-21(19(25)20-16)9-18(24)26-10-13-8-17(23)27-15-7-12-3-1-2-11(12)6-14(13)15/h4-8H,1-3,9-10H2,(H,20,22,25). The van der Waals surface area contributed by atoms with E-state index in [4.69, 9.17) is 9.15 Å². The molecule has 0 amide bonds. The van der Waals surface area contributed by atoms with Crippen molar-refractivity contribution >= 4 is 16.9 Å². The number of ether oxygens (including phenoxy) is 1. The van der Waals surface area contributed by atoms with Crippen LogP contribution in [0.1, 0.15) is 23.1 Å². The molecule has 1 N–H and O–H groups in total. The van der Waals surface area contributed by atoms with Crippen molar-refractivity contribution in [2.75, 3.05) is 0 Å². The van der Waals surface area contributed by atoms with Gasteiger partial charge in [-0.2, -0.15) is 0 Å². The lowest BCUT2D eigenvalue weighted by molar-refractivity contribution is -0.145. The van der Waals surface area contributed by atoms with E-state index < -0.39 is 22.8 Å². The third kappa shape index (κ3) is 3.46. The highest BCUT2D eigenvalue weighted by Crippen LogP contribution is 2.28. The number of nitrogens with one attached hydrogen (secondary N) is 1. The zero-order valence-corrected chi connectivity index (χ0v) is 14.3. The van der Waals surface area contributed by atoms with Crippen molar-refractivity contribution in [1.29, 1.82) is 0 Å². The van der Waals surface area contributed by atoms with Crippen molar-refractivity contribution in [3.63, 3.8) is 0 Å². The van der Waals surface area contributed by atoms with Gasteiger partial charge in [-0.1, -0.05) is 0 Å². The summed E-state index contributed by atoms with van der Waals surface area (Å²) in [6.07, 6.45) is 4.22. The third-order valence-electron chi connectivity index (χ3n) is 4.63. The summed E-state index contributed by atoms with van der Waals surface area (Å²) >= 11 is 0. The van der Waals surface area contributed by atoms with Gasteiger partial charge in [0, 0.05) is 29.3 Å². The van der Waals surface area contributed by atoms with Gasteiger partial charge in [0.05, 0.1) is 0 Å². The number of hydrogen-bond donors (Lipinski definition) is 1. The molecule has 0 radical (unpaired) electrons. The first kappa shape index (κ1) is 17.0. The van der Waals surface area contributed by atoms with Crippen molar-refractivity contribution in [2.45, 2.75) is 32.4 Å². The Kier molecular flexibility index (Phi) is 4.23. The molecule has 3 aromatic rings. The van der Waals surface area contributed by atoms with Crippen LogP contribution in [0.15, 0.2) is 49.3 Å². The van der Waals surface area contributed by atoms with Crippen LogP contribution < -0.4 is 16.9 Å². The molecule has 8 heteroatoms. The molecule has 27 heavy (non-hydrogen) atoms. The maximum Gasteiger partial charge on any atom is 0.336 e. The van der Waals surface area contributed by atoms with Gasteiger partial charge in [0.1, 0.15) is 18.7 Å². The number of nitrogens with zero attached hydrogens (tertiary/aromatic N) is 1. The van der Waals surface area contributed by atoms with E-state index in [0.29, 0.717) is 11.1 Å². The lowest BCUT2D eigenvalue weighted by Crippen LogP contribution is -2.31. The molecule has 0 atom stereocenters. The Bertz CT molecular complexity index is 1220. The number of aromatic nitrogens is 2. The van der Waals surface area contributed by atoms with Gasteiger partial charge in [-0.15, -0.1) is 0 Å². The smallest absolute Gasteiger partial charge is 0.336 e. The van der Waals surface area contributed by atoms with E-state index in [9.17, 15) is 19.2 Å². The Hall–Kier alpha value is -3.42. The summed E-state index contributed by atoms with van der Waals surface area (Å²) in [7, 11) is 0. The van der Waals surface area contributed by atoms with Crippen LogP contribution >= 0.6 is 0 Å². The lowest BCUT2D eigenvalue weighted by atomic mass is 10.0. The van der Waals surface area contributed by atoms with Gasteiger partial charge in [-0.3, -0.25) is 19.1 Å². The fourth-order valence-corrected chi connectivity index (χ4v) is 3.33. The molecule has 0 bridgehead atoms. The van der Waals surface area contributed by atoms with E-state index in [0.717, 1.165) is 35.3 Å². The molecule has 0 saturated carbocycles. The first-order valence-corrected chi connectivity index (χ1v) is 8.53. The van der Waals surface area contributed by atoms with Gasteiger partial charge in [0.15, 0.2) is 0 Å². The van der Waals surface area contributed by atoms with Crippen molar-refractivity contribution < 1.29 is 13.9 Å². The molecule has 2 aromatic heterocycles. The number of benzene rings is 1. The Morgan fingerprint density at radius 2 is 1.93 bits per heavy atom. The van der Waals surface area contributed by atoms with E-state index >= 15 is 0 Å². The molecule has 4 rings (SSSR count). The second-order valence-corrected chi connectivity index (χ2v) is 6.46. The van der Waals surface area contributed by atoms with Crippen LogP contribution in [0.2, 0.25) is 0 Å². The number of H-pyrrole nitrogens is 1. The summed E-state index contributed by atoms with van der Waals surface area (Å²) in [5.74, 6) is -0.660. The molecule has 8 nitrogen and oxygen atoms in total. The summed E-state index contributed by atoms with van der Waals surface area (Å²) in [6.45, 7) is -0.456. The quantitative estimate of drug-likeness (QED) is 0.540. The third-order valence-corrected chi connectivity index (χ3v) is 4.63. The molecule has 0 fully saturated rings. The highest BCUT2D eigenvalue weighted by atomic mass is 16.5. The van der Waals surface area contributed by atoms with Gasteiger partial charge >= 0.3 is 17.3 Å².